The SMILES string of the molecule is CC(=O)C[C@@]1(O)C(=O)C(Cl)=C2Oc3ccc(Cl)cc3C=C2[C@@]12Cc1cc(Cl)ccc1O2. The Morgan fingerprint density at radius 1 is 1.10 bits per heavy atom. The molecule has 2 atom stereocenters. The first-order valence-corrected chi connectivity index (χ1v) is 10.6. The van der Waals surface area contributed by atoms with Crippen LogP contribution < -0.4 is 9.47 Å². The van der Waals surface area contributed by atoms with Crippen LogP contribution in [0, 0.1) is 0 Å². The van der Waals surface area contributed by atoms with Crippen LogP contribution in [0.15, 0.2) is 52.8 Å². The smallest absolute Gasteiger partial charge is 0.214 e. The van der Waals surface area contributed by atoms with Crippen LogP contribution >= 0.6 is 34.8 Å². The van der Waals surface area contributed by atoms with E-state index in [9.17, 15) is 14.7 Å². The third kappa shape index (κ3) is 2.88. The second-order valence-corrected chi connectivity index (χ2v) is 9.16. The number of fused-ring (bicyclic) bond motifs is 4. The highest BCUT2D eigenvalue weighted by molar-refractivity contribution is 6.45. The Morgan fingerprint density at radius 3 is 2.48 bits per heavy atom. The number of ketones is 2. The summed E-state index contributed by atoms with van der Waals surface area (Å²) in [6.45, 7) is 1.30. The highest BCUT2D eigenvalue weighted by Crippen LogP contribution is 2.56. The molecule has 0 radical (unpaired) electrons. The standard InChI is InChI=1S/C23H15Cl3O5/c1-11(27)9-22(29)21(28)19(26)20-16(8-12-6-14(24)2-4-17(12)30-20)23(22)10-13-7-15(25)3-5-18(13)31-23/h2-8,29H,9-10H2,1H3/t22-,23+/m1/s1. The van der Waals surface area contributed by atoms with E-state index in [2.05, 4.69) is 0 Å². The van der Waals surface area contributed by atoms with Crippen LogP contribution in [-0.4, -0.2) is 27.9 Å². The lowest BCUT2D eigenvalue weighted by Gasteiger charge is -2.48. The van der Waals surface area contributed by atoms with Crippen molar-refractivity contribution in [3.05, 3.63) is 73.9 Å². The van der Waals surface area contributed by atoms with Gasteiger partial charge in [0.2, 0.25) is 5.78 Å². The molecular formula is C23H15Cl3O5. The molecule has 2 aliphatic heterocycles. The number of ether oxygens (including phenoxy) is 2. The highest BCUT2D eigenvalue weighted by atomic mass is 35.5. The number of hydrogen-bond acceptors (Lipinski definition) is 5. The zero-order valence-electron chi connectivity index (χ0n) is 16.2. The summed E-state index contributed by atoms with van der Waals surface area (Å²) in [5, 5.41) is 12.4. The van der Waals surface area contributed by atoms with Crippen molar-refractivity contribution < 1.29 is 24.2 Å². The van der Waals surface area contributed by atoms with E-state index in [1.165, 1.54) is 6.92 Å². The molecular weight excluding hydrogens is 463 g/mol. The molecule has 1 N–H and O–H groups in total. The minimum Gasteiger partial charge on any atom is -0.478 e. The van der Waals surface area contributed by atoms with Crippen LogP contribution in [0.5, 0.6) is 11.5 Å². The number of benzene rings is 2. The van der Waals surface area contributed by atoms with E-state index in [-0.39, 0.29) is 23.0 Å². The maximum atomic E-state index is 13.4. The number of aliphatic hydroxyl groups is 1. The summed E-state index contributed by atoms with van der Waals surface area (Å²) in [6, 6.07) is 10.0. The van der Waals surface area contributed by atoms with Gasteiger partial charge in [-0.1, -0.05) is 34.8 Å². The van der Waals surface area contributed by atoms with Crippen LogP contribution in [0.3, 0.4) is 0 Å². The van der Waals surface area contributed by atoms with E-state index in [0.717, 1.165) is 0 Å². The van der Waals surface area contributed by atoms with E-state index >= 15 is 0 Å². The minimum atomic E-state index is -2.24. The summed E-state index contributed by atoms with van der Waals surface area (Å²) in [7, 11) is 0. The fourth-order valence-corrected chi connectivity index (χ4v) is 5.18. The molecule has 2 heterocycles. The average molecular weight is 478 g/mol. The fourth-order valence-electron chi connectivity index (χ4n) is 4.51. The van der Waals surface area contributed by atoms with Gasteiger partial charge in [-0.3, -0.25) is 9.59 Å². The first-order chi connectivity index (χ1) is 14.6. The topological polar surface area (TPSA) is 72.8 Å². The van der Waals surface area contributed by atoms with Gasteiger partial charge in [0.1, 0.15) is 22.3 Å². The molecule has 0 aromatic heterocycles. The van der Waals surface area contributed by atoms with Crippen molar-refractivity contribution in [2.24, 2.45) is 0 Å². The molecule has 8 heteroatoms. The summed E-state index contributed by atoms with van der Waals surface area (Å²) in [5.41, 5.74) is -2.18. The van der Waals surface area contributed by atoms with Crippen molar-refractivity contribution in [1.82, 2.24) is 0 Å². The van der Waals surface area contributed by atoms with Crippen LogP contribution in [-0.2, 0) is 16.0 Å². The molecule has 2 aromatic rings. The third-order valence-electron chi connectivity index (χ3n) is 5.86. The van der Waals surface area contributed by atoms with Crippen molar-refractivity contribution in [2.45, 2.75) is 31.0 Å². The van der Waals surface area contributed by atoms with Gasteiger partial charge in [-0.15, -0.1) is 0 Å². The number of carbonyl (C=O) groups excluding carboxylic acids is 2. The Labute approximate surface area is 192 Å². The Hall–Kier alpha value is -2.31. The van der Waals surface area contributed by atoms with Crippen molar-refractivity contribution in [1.29, 1.82) is 0 Å². The summed E-state index contributed by atoms with van der Waals surface area (Å²) >= 11 is 18.7. The van der Waals surface area contributed by atoms with E-state index in [1.807, 2.05) is 0 Å². The Kier molecular flexibility index (Phi) is 4.54. The molecule has 1 aliphatic carbocycles. The number of halogens is 3. The Bertz CT molecular complexity index is 1250. The summed E-state index contributed by atoms with van der Waals surface area (Å²) < 4.78 is 12.3. The van der Waals surface area contributed by atoms with E-state index < -0.39 is 23.4 Å². The third-order valence-corrected chi connectivity index (χ3v) is 6.67. The van der Waals surface area contributed by atoms with E-state index in [0.29, 0.717) is 38.2 Å². The van der Waals surface area contributed by atoms with Gasteiger partial charge in [-0.05, 0) is 49.4 Å². The Morgan fingerprint density at radius 2 is 1.77 bits per heavy atom. The van der Waals surface area contributed by atoms with Crippen molar-refractivity contribution >= 4 is 52.4 Å². The summed E-state index contributed by atoms with van der Waals surface area (Å²) in [6.07, 6.45) is 1.35. The largest absolute Gasteiger partial charge is 0.478 e. The van der Waals surface area contributed by atoms with Gasteiger partial charge in [0.15, 0.2) is 17.0 Å². The van der Waals surface area contributed by atoms with Crippen LogP contribution in [0.1, 0.15) is 24.5 Å². The average Bonchev–Trinajstić information content (AvgIpc) is 3.10. The van der Waals surface area contributed by atoms with E-state index in [4.69, 9.17) is 44.3 Å². The lowest BCUT2D eigenvalue weighted by atomic mass is 9.65. The van der Waals surface area contributed by atoms with Crippen molar-refractivity contribution in [3.8, 4) is 11.5 Å². The van der Waals surface area contributed by atoms with Gasteiger partial charge in [-0.2, -0.15) is 0 Å². The normalized spacial score (nSPS) is 26.0. The number of Topliss-reactive ketones (excluding diaryl/α,β-unsaturated/α-hetero) is 2. The second-order valence-electron chi connectivity index (χ2n) is 7.91. The van der Waals surface area contributed by atoms with Crippen LogP contribution in [0.2, 0.25) is 10.0 Å². The van der Waals surface area contributed by atoms with Gasteiger partial charge in [-0.25, -0.2) is 0 Å². The first kappa shape index (κ1) is 20.6. The number of hydrogen-bond donors (Lipinski definition) is 1. The first-order valence-electron chi connectivity index (χ1n) is 9.48. The highest BCUT2D eigenvalue weighted by Gasteiger charge is 2.67. The molecule has 158 valence electrons. The Balaban J connectivity index is 1.80. The predicted molar refractivity (Wildman–Crippen MR) is 117 cm³/mol. The van der Waals surface area contributed by atoms with Crippen molar-refractivity contribution in [3.63, 3.8) is 0 Å². The van der Waals surface area contributed by atoms with Crippen LogP contribution in [0.4, 0.5) is 0 Å². The zero-order chi connectivity index (χ0) is 22.1. The lowest BCUT2D eigenvalue weighted by Crippen LogP contribution is -2.66. The zero-order valence-corrected chi connectivity index (χ0v) is 18.4. The van der Waals surface area contributed by atoms with Gasteiger partial charge in [0, 0.05) is 39.6 Å². The van der Waals surface area contributed by atoms with E-state index in [1.54, 1.807) is 42.5 Å². The maximum Gasteiger partial charge on any atom is 0.214 e. The van der Waals surface area contributed by atoms with Crippen molar-refractivity contribution in [2.75, 3.05) is 0 Å². The van der Waals surface area contributed by atoms with Gasteiger partial charge in [0.05, 0.1) is 0 Å². The molecule has 0 amide bonds. The summed E-state index contributed by atoms with van der Waals surface area (Å²) in [5.74, 6) is -0.211. The number of rotatable bonds is 2. The monoisotopic (exact) mass is 476 g/mol. The molecule has 31 heavy (non-hydrogen) atoms. The molecule has 0 bridgehead atoms. The molecule has 0 saturated carbocycles. The second kappa shape index (κ2) is 6.84. The minimum absolute atomic E-state index is 0.0913. The molecule has 0 unspecified atom stereocenters. The fraction of sp³-hybridized carbons (Fsp3) is 0.217. The number of carbonyl (C=O) groups is 2. The molecule has 3 aliphatic rings. The van der Waals surface area contributed by atoms with Gasteiger partial charge < -0.3 is 14.6 Å². The molecule has 0 saturated heterocycles. The molecule has 5 nitrogen and oxygen atoms in total. The predicted octanol–water partition coefficient (Wildman–Crippen LogP) is 4.89. The molecule has 0 fully saturated rings. The van der Waals surface area contributed by atoms with Gasteiger partial charge >= 0.3 is 0 Å². The molecule has 1 spiro atoms. The lowest BCUT2D eigenvalue weighted by molar-refractivity contribution is -0.160. The summed E-state index contributed by atoms with van der Waals surface area (Å²) in [4.78, 5) is 25.5. The van der Waals surface area contributed by atoms with Crippen LogP contribution in [0.25, 0.3) is 6.08 Å². The maximum absolute atomic E-state index is 13.4. The molecule has 5 rings (SSSR count). The quantitative estimate of drug-likeness (QED) is 0.667. The molecule has 2 aromatic carbocycles. The van der Waals surface area contributed by atoms with Gasteiger partial charge in [0.25, 0.3) is 0 Å².